The standard InChI is InChI=1S/C11H20O2/c1-5-6-9(12)7-8-10(13)11(2,3)4/h7-8,10,13H,5-6H2,1-4H3/b8-7+. The maximum atomic E-state index is 11.1. The van der Waals surface area contributed by atoms with Crippen LogP contribution in [0.5, 0.6) is 0 Å². The van der Waals surface area contributed by atoms with Crippen LogP contribution in [-0.2, 0) is 4.79 Å². The van der Waals surface area contributed by atoms with Crippen LogP contribution >= 0.6 is 0 Å². The monoisotopic (exact) mass is 184 g/mol. The summed E-state index contributed by atoms with van der Waals surface area (Å²) < 4.78 is 0. The molecule has 0 radical (unpaired) electrons. The van der Waals surface area contributed by atoms with Gasteiger partial charge in [-0.25, -0.2) is 0 Å². The molecule has 0 amide bonds. The predicted molar refractivity (Wildman–Crippen MR) is 54.5 cm³/mol. The van der Waals surface area contributed by atoms with Gasteiger partial charge >= 0.3 is 0 Å². The van der Waals surface area contributed by atoms with Gasteiger partial charge in [-0.15, -0.1) is 0 Å². The molecule has 2 heteroatoms. The molecule has 0 aliphatic rings. The number of aliphatic hydroxyl groups excluding tert-OH is 1. The van der Waals surface area contributed by atoms with Crippen molar-refractivity contribution in [3.05, 3.63) is 12.2 Å². The molecule has 0 bridgehead atoms. The van der Waals surface area contributed by atoms with Gasteiger partial charge in [-0.2, -0.15) is 0 Å². The normalized spacial score (nSPS) is 14.8. The third kappa shape index (κ3) is 5.58. The third-order valence-electron chi connectivity index (χ3n) is 1.85. The van der Waals surface area contributed by atoms with Gasteiger partial charge in [0.05, 0.1) is 6.10 Å². The van der Waals surface area contributed by atoms with E-state index in [9.17, 15) is 9.90 Å². The Bertz CT molecular complexity index is 187. The van der Waals surface area contributed by atoms with E-state index in [2.05, 4.69) is 0 Å². The number of hydrogen-bond acceptors (Lipinski definition) is 2. The molecular weight excluding hydrogens is 164 g/mol. The molecular formula is C11H20O2. The van der Waals surface area contributed by atoms with E-state index >= 15 is 0 Å². The maximum Gasteiger partial charge on any atom is 0.155 e. The number of allylic oxidation sites excluding steroid dienone is 1. The maximum absolute atomic E-state index is 11.1. The number of ketones is 1. The van der Waals surface area contributed by atoms with E-state index < -0.39 is 6.10 Å². The van der Waals surface area contributed by atoms with Crippen molar-refractivity contribution in [1.29, 1.82) is 0 Å². The van der Waals surface area contributed by atoms with Crippen molar-refractivity contribution in [2.45, 2.75) is 46.6 Å². The molecule has 76 valence electrons. The smallest absolute Gasteiger partial charge is 0.155 e. The Hall–Kier alpha value is -0.630. The Kier molecular flexibility index (Phi) is 4.92. The molecule has 0 aromatic heterocycles. The van der Waals surface area contributed by atoms with Gasteiger partial charge in [-0.05, 0) is 17.9 Å². The van der Waals surface area contributed by atoms with E-state index in [1.165, 1.54) is 6.08 Å². The summed E-state index contributed by atoms with van der Waals surface area (Å²) in [5.74, 6) is 0.0887. The van der Waals surface area contributed by atoms with Gasteiger partial charge < -0.3 is 5.11 Å². The van der Waals surface area contributed by atoms with E-state index in [4.69, 9.17) is 0 Å². The minimum absolute atomic E-state index is 0.0887. The van der Waals surface area contributed by atoms with Gasteiger partial charge in [0.15, 0.2) is 5.78 Å². The third-order valence-corrected chi connectivity index (χ3v) is 1.85. The van der Waals surface area contributed by atoms with E-state index in [0.29, 0.717) is 6.42 Å². The van der Waals surface area contributed by atoms with E-state index in [1.54, 1.807) is 6.08 Å². The van der Waals surface area contributed by atoms with Crippen molar-refractivity contribution in [2.75, 3.05) is 0 Å². The molecule has 1 N–H and O–H groups in total. The SMILES string of the molecule is CCCC(=O)/C=C/C(O)C(C)(C)C. The van der Waals surface area contributed by atoms with E-state index in [0.717, 1.165) is 6.42 Å². The fraction of sp³-hybridized carbons (Fsp3) is 0.727. The van der Waals surface area contributed by atoms with Crippen LogP contribution in [0.4, 0.5) is 0 Å². The Morgan fingerprint density at radius 2 is 2.00 bits per heavy atom. The van der Waals surface area contributed by atoms with Crippen LogP contribution in [0.15, 0.2) is 12.2 Å². The summed E-state index contributed by atoms with van der Waals surface area (Å²) in [5, 5.41) is 9.56. The van der Waals surface area contributed by atoms with Crippen LogP contribution in [-0.4, -0.2) is 17.0 Å². The minimum atomic E-state index is -0.548. The van der Waals surface area contributed by atoms with Crippen molar-refractivity contribution < 1.29 is 9.90 Å². The summed E-state index contributed by atoms with van der Waals surface area (Å²) in [6.45, 7) is 7.77. The average Bonchev–Trinajstić information content (AvgIpc) is 1.99. The largest absolute Gasteiger partial charge is 0.388 e. The Morgan fingerprint density at radius 3 is 2.38 bits per heavy atom. The second kappa shape index (κ2) is 5.18. The van der Waals surface area contributed by atoms with Gasteiger partial charge in [-0.1, -0.05) is 33.8 Å². The summed E-state index contributed by atoms with van der Waals surface area (Å²) in [6, 6.07) is 0. The number of hydrogen-bond donors (Lipinski definition) is 1. The molecule has 2 nitrogen and oxygen atoms in total. The number of carbonyl (C=O) groups excluding carboxylic acids is 1. The highest BCUT2D eigenvalue weighted by Gasteiger charge is 2.19. The van der Waals surface area contributed by atoms with Crippen molar-refractivity contribution in [3.8, 4) is 0 Å². The van der Waals surface area contributed by atoms with Crippen LogP contribution in [0.2, 0.25) is 0 Å². The topological polar surface area (TPSA) is 37.3 Å². The van der Waals surface area contributed by atoms with Gasteiger partial charge in [0.25, 0.3) is 0 Å². The molecule has 0 aliphatic carbocycles. The zero-order valence-corrected chi connectivity index (χ0v) is 9.00. The van der Waals surface area contributed by atoms with Gasteiger partial charge in [0.2, 0.25) is 0 Å². The molecule has 0 aromatic carbocycles. The highest BCUT2D eigenvalue weighted by atomic mass is 16.3. The van der Waals surface area contributed by atoms with Crippen molar-refractivity contribution in [1.82, 2.24) is 0 Å². The fourth-order valence-electron chi connectivity index (χ4n) is 0.817. The fourth-order valence-corrected chi connectivity index (χ4v) is 0.817. The highest BCUT2D eigenvalue weighted by molar-refractivity contribution is 5.89. The van der Waals surface area contributed by atoms with Gasteiger partial charge in [0, 0.05) is 6.42 Å². The molecule has 13 heavy (non-hydrogen) atoms. The zero-order chi connectivity index (χ0) is 10.5. The number of rotatable bonds is 4. The Labute approximate surface area is 80.7 Å². The summed E-state index contributed by atoms with van der Waals surface area (Å²) >= 11 is 0. The van der Waals surface area contributed by atoms with E-state index in [1.807, 2.05) is 27.7 Å². The van der Waals surface area contributed by atoms with Crippen molar-refractivity contribution in [3.63, 3.8) is 0 Å². The summed E-state index contributed by atoms with van der Waals surface area (Å²) in [4.78, 5) is 11.1. The zero-order valence-electron chi connectivity index (χ0n) is 9.00. The molecule has 0 aromatic rings. The Morgan fingerprint density at radius 1 is 1.46 bits per heavy atom. The molecule has 0 rings (SSSR count). The summed E-state index contributed by atoms with van der Waals surface area (Å²) in [7, 11) is 0. The van der Waals surface area contributed by atoms with Crippen LogP contribution in [0.3, 0.4) is 0 Å². The first-order valence-corrected chi connectivity index (χ1v) is 4.77. The van der Waals surface area contributed by atoms with Gasteiger partial charge in [0.1, 0.15) is 0 Å². The summed E-state index contributed by atoms with van der Waals surface area (Å²) in [6.07, 6.45) is 3.94. The summed E-state index contributed by atoms with van der Waals surface area (Å²) in [5.41, 5.74) is -0.191. The lowest BCUT2D eigenvalue weighted by atomic mass is 9.89. The lowest BCUT2D eigenvalue weighted by Crippen LogP contribution is -2.23. The second-order valence-electron chi connectivity index (χ2n) is 4.39. The quantitative estimate of drug-likeness (QED) is 0.681. The van der Waals surface area contributed by atoms with Crippen LogP contribution < -0.4 is 0 Å². The van der Waals surface area contributed by atoms with Crippen LogP contribution in [0, 0.1) is 5.41 Å². The highest BCUT2D eigenvalue weighted by Crippen LogP contribution is 2.19. The lowest BCUT2D eigenvalue weighted by Gasteiger charge is -2.22. The molecule has 0 heterocycles. The number of aliphatic hydroxyl groups is 1. The predicted octanol–water partition coefficient (Wildman–Crippen LogP) is 2.32. The van der Waals surface area contributed by atoms with Crippen LogP contribution in [0.25, 0.3) is 0 Å². The second-order valence-corrected chi connectivity index (χ2v) is 4.39. The first kappa shape index (κ1) is 12.4. The average molecular weight is 184 g/mol. The molecule has 0 fully saturated rings. The van der Waals surface area contributed by atoms with E-state index in [-0.39, 0.29) is 11.2 Å². The van der Waals surface area contributed by atoms with Crippen LogP contribution in [0.1, 0.15) is 40.5 Å². The van der Waals surface area contributed by atoms with Gasteiger partial charge in [-0.3, -0.25) is 4.79 Å². The first-order valence-electron chi connectivity index (χ1n) is 4.77. The molecule has 0 spiro atoms. The molecule has 0 aliphatic heterocycles. The van der Waals surface area contributed by atoms with Crippen molar-refractivity contribution in [2.24, 2.45) is 5.41 Å². The molecule has 1 unspecified atom stereocenters. The van der Waals surface area contributed by atoms with Crippen molar-refractivity contribution >= 4 is 5.78 Å². The molecule has 1 atom stereocenters. The molecule has 0 saturated carbocycles. The Balaban J connectivity index is 4.05. The number of carbonyl (C=O) groups is 1. The lowest BCUT2D eigenvalue weighted by molar-refractivity contribution is -0.114. The molecule has 0 saturated heterocycles. The first-order chi connectivity index (χ1) is 5.88. The minimum Gasteiger partial charge on any atom is -0.388 e.